The number of benzene rings is 1. The van der Waals surface area contributed by atoms with Gasteiger partial charge in [0.1, 0.15) is 17.3 Å². The lowest BCUT2D eigenvalue weighted by Crippen LogP contribution is -2.41. The molecule has 1 aliphatic heterocycles. The molecule has 0 unspecified atom stereocenters. The van der Waals surface area contributed by atoms with Crippen molar-refractivity contribution < 1.29 is 32.2 Å². The Kier molecular flexibility index (Phi) is 7.59. The van der Waals surface area contributed by atoms with Crippen molar-refractivity contribution in [1.82, 2.24) is 13.9 Å². The first-order chi connectivity index (χ1) is 15.6. The van der Waals surface area contributed by atoms with Crippen LogP contribution in [0.15, 0.2) is 29.4 Å². The SMILES string of the molecule is COc1ccc(NC(=O)COC(=O)C2CCN(S(=O)(=O)c3cn(C)c(C)n3)CC2)c(OC)c1. The first kappa shape index (κ1) is 24.5. The van der Waals surface area contributed by atoms with E-state index in [2.05, 4.69) is 10.3 Å². The third-order valence-corrected chi connectivity index (χ3v) is 7.28. The second-order valence-corrected chi connectivity index (χ2v) is 9.52. The summed E-state index contributed by atoms with van der Waals surface area (Å²) >= 11 is 0. The largest absolute Gasteiger partial charge is 0.497 e. The molecular formula is C21H28N4O7S. The number of imidazole rings is 1. The van der Waals surface area contributed by atoms with E-state index in [1.165, 1.54) is 24.7 Å². The molecule has 0 saturated carbocycles. The Morgan fingerprint density at radius 2 is 1.88 bits per heavy atom. The maximum Gasteiger partial charge on any atom is 0.309 e. The molecule has 0 aliphatic carbocycles. The van der Waals surface area contributed by atoms with Crippen molar-refractivity contribution in [2.75, 3.05) is 39.2 Å². The number of carbonyl (C=O) groups is 2. The Balaban J connectivity index is 1.50. The number of nitrogens with one attached hydrogen (secondary N) is 1. The molecule has 0 atom stereocenters. The summed E-state index contributed by atoms with van der Waals surface area (Å²) in [6.07, 6.45) is 2.08. The lowest BCUT2D eigenvalue weighted by Gasteiger charge is -2.29. The van der Waals surface area contributed by atoms with Crippen LogP contribution in [0.3, 0.4) is 0 Å². The van der Waals surface area contributed by atoms with E-state index in [-0.39, 0.29) is 18.1 Å². The highest BCUT2D eigenvalue weighted by Gasteiger charge is 2.34. The molecule has 1 aromatic heterocycles. The highest BCUT2D eigenvalue weighted by atomic mass is 32.2. The lowest BCUT2D eigenvalue weighted by molar-refractivity contribution is -0.152. The van der Waals surface area contributed by atoms with E-state index in [0.717, 1.165) is 0 Å². The molecule has 1 fully saturated rings. The summed E-state index contributed by atoms with van der Waals surface area (Å²) in [6, 6.07) is 4.91. The smallest absolute Gasteiger partial charge is 0.309 e. The number of hydrogen-bond acceptors (Lipinski definition) is 8. The third kappa shape index (κ3) is 5.63. The van der Waals surface area contributed by atoms with Crippen LogP contribution in [0.4, 0.5) is 5.69 Å². The van der Waals surface area contributed by atoms with Gasteiger partial charge in [0, 0.05) is 32.4 Å². The summed E-state index contributed by atoms with van der Waals surface area (Å²) < 4.78 is 44.0. The van der Waals surface area contributed by atoms with Gasteiger partial charge in [-0.05, 0) is 31.9 Å². The monoisotopic (exact) mass is 480 g/mol. The van der Waals surface area contributed by atoms with E-state index in [1.54, 1.807) is 36.7 Å². The van der Waals surface area contributed by atoms with Gasteiger partial charge in [0.05, 0.1) is 25.8 Å². The predicted molar refractivity (Wildman–Crippen MR) is 119 cm³/mol. The molecule has 3 rings (SSSR count). The number of nitrogens with zero attached hydrogens (tertiary/aromatic N) is 3. The number of aromatic nitrogens is 2. The molecule has 0 spiro atoms. The first-order valence-corrected chi connectivity index (χ1v) is 11.8. The molecule has 1 aliphatic rings. The number of methoxy groups -OCH3 is 2. The Hall–Kier alpha value is -3.12. The summed E-state index contributed by atoms with van der Waals surface area (Å²) in [4.78, 5) is 28.7. The fourth-order valence-electron chi connectivity index (χ4n) is 3.46. The van der Waals surface area contributed by atoms with Gasteiger partial charge in [-0.3, -0.25) is 9.59 Å². The van der Waals surface area contributed by atoms with Crippen molar-refractivity contribution in [2.24, 2.45) is 13.0 Å². The van der Waals surface area contributed by atoms with Gasteiger partial charge in [0.2, 0.25) is 0 Å². The van der Waals surface area contributed by atoms with Gasteiger partial charge in [-0.25, -0.2) is 13.4 Å². The second-order valence-electron chi connectivity index (χ2n) is 7.64. The molecule has 11 nitrogen and oxygen atoms in total. The highest BCUT2D eigenvalue weighted by Crippen LogP contribution is 2.29. The molecular weight excluding hydrogens is 452 g/mol. The number of aryl methyl sites for hydroxylation is 2. The van der Waals surface area contributed by atoms with Crippen molar-refractivity contribution >= 4 is 27.6 Å². The zero-order chi connectivity index (χ0) is 24.2. The number of rotatable bonds is 8. The summed E-state index contributed by atoms with van der Waals surface area (Å²) in [5, 5.41) is 2.62. The van der Waals surface area contributed by atoms with Crippen LogP contribution < -0.4 is 14.8 Å². The van der Waals surface area contributed by atoms with E-state index < -0.39 is 34.4 Å². The molecule has 0 bridgehead atoms. The van der Waals surface area contributed by atoms with Crippen LogP contribution in [0, 0.1) is 12.8 Å². The van der Waals surface area contributed by atoms with Crippen LogP contribution in [-0.4, -0.2) is 68.1 Å². The number of hydrogen-bond donors (Lipinski definition) is 1. The normalized spacial score (nSPS) is 15.2. The van der Waals surface area contributed by atoms with Crippen LogP contribution >= 0.6 is 0 Å². The molecule has 0 radical (unpaired) electrons. The van der Waals surface area contributed by atoms with Crippen molar-refractivity contribution in [3.05, 3.63) is 30.2 Å². The Bertz CT molecular complexity index is 1100. The Morgan fingerprint density at radius 3 is 2.45 bits per heavy atom. The number of ether oxygens (including phenoxy) is 3. The van der Waals surface area contributed by atoms with Gasteiger partial charge in [-0.15, -0.1) is 0 Å². The van der Waals surface area contributed by atoms with E-state index >= 15 is 0 Å². The van der Waals surface area contributed by atoms with Crippen LogP contribution in [0.2, 0.25) is 0 Å². The third-order valence-electron chi connectivity index (χ3n) is 5.51. The highest BCUT2D eigenvalue weighted by molar-refractivity contribution is 7.89. The molecule has 2 aromatic rings. The van der Waals surface area contributed by atoms with E-state index in [1.807, 2.05) is 0 Å². The minimum absolute atomic E-state index is 0.00541. The van der Waals surface area contributed by atoms with Crippen molar-refractivity contribution in [1.29, 1.82) is 0 Å². The van der Waals surface area contributed by atoms with Gasteiger partial charge in [0.15, 0.2) is 11.6 Å². The van der Waals surface area contributed by atoms with Crippen LogP contribution in [0.25, 0.3) is 0 Å². The van der Waals surface area contributed by atoms with Crippen LogP contribution in [0.1, 0.15) is 18.7 Å². The average Bonchev–Trinajstić information content (AvgIpc) is 3.16. The predicted octanol–water partition coefficient (Wildman–Crippen LogP) is 1.33. The lowest BCUT2D eigenvalue weighted by atomic mass is 9.98. The maximum atomic E-state index is 12.8. The second kappa shape index (κ2) is 10.2. The van der Waals surface area contributed by atoms with Gasteiger partial charge in [-0.1, -0.05) is 0 Å². The van der Waals surface area contributed by atoms with Crippen molar-refractivity contribution in [3.63, 3.8) is 0 Å². The Morgan fingerprint density at radius 1 is 1.18 bits per heavy atom. The molecule has 2 heterocycles. The molecule has 1 amide bonds. The van der Waals surface area contributed by atoms with Gasteiger partial charge >= 0.3 is 5.97 Å². The Labute approximate surface area is 192 Å². The topological polar surface area (TPSA) is 129 Å². The zero-order valence-electron chi connectivity index (χ0n) is 19.0. The van der Waals surface area contributed by atoms with Crippen molar-refractivity contribution in [3.8, 4) is 11.5 Å². The minimum atomic E-state index is -3.72. The zero-order valence-corrected chi connectivity index (χ0v) is 19.8. The number of esters is 1. The molecule has 180 valence electrons. The fourth-order valence-corrected chi connectivity index (χ4v) is 4.95. The van der Waals surface area contributed by atoms with Crippen molar-refractivity contribution in [2.45, 2.75) is 24.8 Å². The average molecular weight is 481 g/mol. The summed E-state index contributed by atoms with van der Waals surface area (Å²) in [5.41, 5.74) is 0.419. The molecule has 1 aromatic carbocycles. The summed E-state index contributed by atoms with van der Waals surface area (Å²) in [6.45, 7) is 1.61. The number of amides is 1. The summed E-state index contributed by atoms with van der Waals surface area (Å²) in [5.74, 6) is 0.0475. The molecule has 12 heteroatoms. The fraction of sp³-hybridized carbons (Fsp3) is 0.476. The number of anilines is 1. The van der Waals surface area contributed by atoms with Crippen LogP contribution in [-0.2, 0) is 31.4 Å². The van der Waals surface area contributed by atoms with Gasteiger partial charge in [-0.2, -0.15) is 4.31 Å². The maximum absolute atomic E-state index is 12.8. The van der Waals surface area contributed by atoms with Gasteiger partial charge in [0.25, 0.3) is 15.9 Å². The molecule has 1 N–H and O–H groups in total. The van der Waals surface area contributed by atoms with E-state index in [9.17, 15) is 18.0 Å². The molecule has 1 saturated heterocycles. The van der Waals surface area contributed by atoms with Gasteiger partial charge < -0.3 is 24.1 Å². The number of carbonyl (C=O) groups excluding carboxylic acids is 2. The first-order valence-electron chi connectivity index (χ1n) is 10.3. The molecule has 33 heavy (non-hydrogen) atoms. The van der Waals surface area contributed by atoms with E-state index in [0.29, 0.717) is 35.9 Å². The van der Waals surface area contributed by atoms with E-state index in [4.69, 9.17) is 14.2 Å². The summed E-state index contributed by atoms with van der Waals surface area (Å²) in [7, 11) is 0.990. The van der Waals surface area contributed by atoms with Crippen LogP contribution in [0.5, 0.6) is 11.5 Å². The standard InChI is InChI=1S/C21H28N4O7S/c1-14-22-20(12-24(14)2)33(28,29)25-9-7-15(8-10-25)21(27)32-13-19(26)23-17-6-5-16(30-3)11-18(17)31-4/h5-6,11-12,15H,7-10,13H2,1-4H3,(H,23,26). The number of piperidine rings is 1. The number of sulfonamides is 1. The quantitative estimate of drug-likeness (QED) is 0.560. The minimum Gasteiger partial charge on any atom is -0.497 e.